The first kappa shape index (κ1) is 19.4. The predicted octanol–water partition coefficient (Wildman–Crippen LogP) is 2.08. The van der Waals surface area contributed by atoms with E-state index in [-0.39, 0.29) is 29.8 Å². The number of hydrogen-bond acceptors (Lipinski definition) is 3. The molecule has 1 saturated carbocycles. The Labute approximate surface area is 159 Å². The number of aliphatic hydroxyl groups is 1. The number of fused-ring (bicyclic) bond motifs is 1. The topological polar surface area (TPSA) is 85.4 Å². The number of likely N-dealkylation sites (N-methyl/N-ethyl adjacent to an activating group) is 1. The van der Waals surface area contributed by atoms with Gasteiger partial charge in [-0.3, -0.25) is 9.59 Å². The van der Waals surface area contributed by atoms with Crippen molar-refractivity contribution in [2.24, 2.45) is 11.3 Å². The molecule has 0 unspecified atom stereocenters. The van der Waals surface area contributed by atoms with Crippen molar-refractivity contribution in [1.29, 1.82) is 0 Å². The second-order valence-corrected chi connectivity index (χ2v) is 8.13. The van der Waals surface area contributed by atoms with Crippen LogP contribution >= 0.6 is 0 Å². The normalized spacial score (nSPS) is 16.3. The van der Waals surface area contributed by atoms with Gasteiger partial charge in [-0.25, -0.2) is 0 Å². The summed E-state index contributed by atoms with van der Waals surface area (Å²) in [4.78, 5) is 30.3. The van der Waals surface area contributed by atoms with Crippen molar-refractivity contribution >= 4 is 22.7 Å². The molecule has 1 heterocycles. The molecule has 1 aromatic carbocycles. The zero-order valence-electron chi connectivity index (χ0n) is 16.3. The number of hydrogen-bond donors (Lipinski definition) is 3. The van der Waals surface area contributed by atoms with Gasteiger partial charge in [0.05, 0.1) is 6.61 Å². The minimum Gasteiger partial charge on any atom is -0.396 e. The summed E-state index contributed by atoms with van der Waals surface area (Å²) < 4.78 is 0. The van der Waals surface area contributed by atoms with E-state index in [1.54, 1.807) is 11.9 Å². The van der Waals surface area contributed by atoms with Gasteiger partial charge >= 0.3 is 0 Å². The van der Waals surface area contributed by atoms with Crippen molar-refractivity contribution in [2.75, 3.05) is 20.2 Å². The molecule has 2 aromatic rings. The van der Waals surface area contributed by atoms with E-state index in [4.69, 9.17) is 0 Å². The number of aromatic nitrogens is 1. The molecule has 3 rings (SSSR count). The average Bonchev–Trinajstić information content (AvgIpc) is 3.32. The van der Waals surface area contributed by atoms with Gasteiger partial charge in [-0.15, -0.1) is 0 Å². The molecular formula is C21H29N3O3. The van der Waals surface area contributed by atoms with Gasteiger partial charge in [-0.1, -0.05) is 32.0 Å². The zero-order chi connectivity index (χ0) is 19.6. The monoisotopic (exact) mass is 371 g/mol. The van der Waals surface area contributed by atoms with E-state index in [0.29, 0.717) is 13.0 Å². The highest BCUT2D eigenvalue weighted by Gasteiger charge is 2.44. The molecule has 2 amide bonds. The summed E-state index contributed by atoms with van der Waals surface area (Å²) in [6.07, 6.45) is 4.21. The van der Waals surface area contributed by atoms with Crippen LogP contribution in [0.25, 0.3) is 10.9 Å². The minimum absolute atomic E-state index is 0.0933. The second-order valence-electron chi connectivity index (χ2n) is 8.13. The van der Waals surface area contributed by atoms with Crippen LogP contribution in [0.1, 0.15) is 32.3 Å². The molecule has 1 aliphatic rings. The summed E-state index contributed by atoms with van der Waals surface area (Å²) in [5.74, 6) is -0.445. The van der Waals surface area contributed by atoms with E-state index in [1.165, 1.54) is 0 Å². The smallest absolute Gasteiger partial charge is 0.245 e. The van der Waals surface area contributed by atoms with Crippen LogP contribution in [0.4, 0.5) is 0 Å². The Balaban J connectivity index is 1.79. The quantitative estimate of drug-likeness (QED) is 0.664. The van der Waals surface area contributed by atoms with Crippen LogP contribution in [-0.2, 0) is 16.0 Å². The Hall–Kier alpha value is -2.34. The lowest BCUT2D eigenvalue weighted by Gasteiger charge is -2.28. The highest BCUT2D eigenvalue weighted by atomic mass is 16.3. The largest absolute Gasteiger partial charge is 0.396 e. The number of para-hydroxylation sites is 1. The van der Waals surface area contributed by atoms with E-state index in [9.17, 15) is 14.7 Å². The van der Waals surface area contributed by atoms with Crippen LogP contribution in [-0.4, -0.2) is 53.0 Å². The fourth-order valence-corrected chi connectivity index (χ4v) is 3.45. The van der Waals surface area contributed by atoms with Crippen LogP contribution in [0.2, 0.25) is 0 Å². The van der Waals surface area contributed by atoms with Gasteiger partial charge in [-0.2, -0.15) is 0 Å². The number of H-pyrrole nitrogens is 1. The van der Waals surface area contributed by atoms with Crippen LogP contribution in [0.15, 0.2) is 30.5 Å². The third kappa shape index (κ3) is 4.33. The molecule has 0 radical (unpaired) electrons. The Morgan fingerprint density at radius 3 is 2.63 bits per heavy atom. The van der Waals surface area contributed by atoms with E-state index in [0.717, 1.165) is 29.3 Å². The van der Waals surface area contributed by atoms with Gasteiger partial charge in [0.1, 0.15) is 6.04 Å². The zero-order valence-corrected chi connectivity index (χ0v) is 16.3. The minimum atomic E-state index is -0.626. The number of carbonyl (C=O) groups is 2. The Morgan fingerprint density at radius 1 is 1.30 bits per heavy atom. The van der Waals surface area contributed by atoms with Gasteiger partial charge in [0.25, 0.3) is 0 Å². The first-order valence-corrected chi connectivity index (χ1v) is 9.56. The van der Waals surface area contributed by atoms with Crippen molar-refractivity contribution in [1.82, 2.24) is 15.2 Å². The Kier molecular flexibility index (Phi) is 5.56. The lowest BCUT2D eigenvalue weighted by molar-refractivity contribution is -0.136. The molecule has 0 saturated heterocycles. The summed E-state index contributed by atoms with van der Waals surface area (Å²) in [6.45, 7) is 4.24. The summed E-state index contributed by atoms with van der Waals surface area (Å²) in [6, 6.07) is 7.31. The number of amides is 2. The van der Waals surface area contributed by atoms with Crippen molar-refractivity contribution < 1.29 is 14.7 Å². The molecule has 1 aliphatic carbocycles. The molecule has 27 heavy (non-hydrogen) atoms. The number of rotatable bonds is 8. The van der Waals surface area contributed by atoms with E-state index >= 15 is 0 Å². The van der Waals surface area contributed by atoms with Crippen molar-refractivity contribution in [3.05, 3.63) is 36.0 Å². The molecule has 0 spiro atoms. The number of nitrogens with one attached hydrogen (secondary N) is 2. The summed E-state index contributed by atoms with van der Waals surface area (Å²) in [7, 11) is 1.75. The lowest BCUT2D eigenvalue weighted by atomic mass is 10.0. The highest BCUT2D eigenvalue weighted by Crippen LogP contribution is 2.45. The molecule has 0 bridgehead atoms. The van der Waals surface area contributed by atoms with Crippen LogP contribution in [0.3, 0.4) is 0 Å². The molecule has 3 N–H and O–H groups in total. The van der Waals surface area contributed by atoms with E-state index in [1.807, 2.05) is 44.3 Å². The molecular weight excluding hydrogens is 342 g/mol. The first-order chi connectivity index (χ1) is 12.8. The fourth-order valence-electron chi connectivity index (χ4n) is 3.45. The third-order valence-electron chi connectivity index (χ3n) is 5.48. The SMILES string of the molecule is CC(C)C(=O)N[C@@H](Cc1c[nH]c2ccccc12)C(=O)N(C)CC1(CO)CC1. The fraction of sp³-hybridized carbons (Fsp3) is 0.524. The molecule has 146 valence electrons. The molecule has 6 nitrogen and oxygen atoms in total. The van der Waals surface area contributed by atoms with Crippen molar-refractivity contribution in [2.45, 2.75) is 39.2 Å². The van der Waals surface area contributed by atoms with Crippen LogP contribution in [0.5, 0.6) is 0 Å². The van der Waals surface area contributed by atoms with Crippen molar-refractivity contribution in [3.63, 3.8) is 0 Å². The molecule has 6 heteroatoms. The number of aliphatic hydroxyl groups excluding tert-OH is 1. The number of aromatic amines is 1. The lowest BCUT2D eigenvalue weighted by Crippen LogP contribution is -2.50. The van der Waals surface area contributed by atoms with E-state index in [2.05, 4.69) is 10.3 Å². The van der Waals surface area contributed by atoms with Crippen molar-refractivity contribution in [3.8, 4) is 0 Å². The maximum absolute atomic E-state index is 13.1. The standard InChI is InChI=1S/C21H29N3O3/c1-14(2)19(26)23-18(20(27)24(3)12-21(13-25)8-9-21)10-15-11-22-17-7-5-4-6-16(15)17/h4-7,11,14,18,22,25H,8-10,12-13H2,1-3H3,(H,23,26)/t18-/m0/s1. The first-order valence-electron chi connectivity index (χ1n) is 9.56. The molecule has 1 fully saturated rings. The Morgan fingerprint density at radius 2 is 2.00 bits per heavy atom. The maximum Gasteiger partial charge on any atom is 0.245 e. The van der Waals surface area contributed by atoms with Gasteiger partial charge < -0.3 is 20.3 Å². The van der Waals surface area contributed by atoms with E-state index < -0.39 is 6.04 Å². The van der Waals surface area contributed by atoms with Gasteiger partial charge in [0.15, 0.2) is 0 Å². The molecule has 1 atom stereocenters. The Bertz CT molecular complexity index is 823. The molecule has 0 aliphatic heterocycles. The predicted molar refractivity (Wildman–Crippen MR) is 105 cm³/mol. The maximum atomic E-state index is 13.1. The second kappa shape index (κ2) is 7.72. The number of carbonyl (C=O) groups excluding carboxylic acids is 2. The van der Waals surface area contributed by atoms with Gasteiger partial charge in [0, 0.05) is 48.4 Å². The number of benzene rings is 1. The number of nitrogens with zero attached hydrogens (tertiary/aromatic N) is 1. The summed E-state index contributed by atoms with van der Waals surface area (Å²) in [5, 5.41) is 13.5. The summed E-state index contributed by atoms with van der Waals surface area (Å²) >= 11 is 0. The third-order valence-corrected chi connectivity index (χ3v) is 5.48. The molecule has 1 aromatic heterocycles. The van der Waals surface area contributed by atoms with Crippen LogP contribution in [0, 0.1) is 11.3 Å². The van der Waals surface area contributed by atoms with Crippen LogP contribution < -0.4 is 5.32 Å². The average molecular weight is 371 g/mol. The van der Waals surface area contributed by atoms with Gasteiger partial charge in [0.2, 0.25) is 11.8 Å². The highest BCUT2D eigenvalue weighted by molar-refractivity contribution is 5.90. The summed E-state index contributed by atoms with van der Waals surface area (Å²) in [5.41, 5.74) is 1.86. The van der Waals surface area contributed by atoms with Gasteiger partial charge in [-0.05, 0) is 24.5 Å².